The lowest BCUT2D eigenvalue weighted by atomic mass is 9.90. The molecule has 1 aliphatic carbocycles. The Bertz CT molecular complexity index is 518. The number of morpholine rings is 1. The molecule has 2 heterocycles. The third kappa shape index (κ3) is 4.73. The van der Waals surface area contributed by atoms with Gasteiger partial charge in [0.2, 0.25) is 0 Å². The first-order valence-electron chi connectivity index (χ1n) is 9.93. The van der Waals surface area contributed by atoms with E-state index in [2.05, 4.69) is 39.6 Å². The van der Waals surface area contributed by atoms with Crippen LogP contribution in [0.15, 0.2) is 24.3 Å². The highest BCUT2D eigenvalue weighted by molar-refractivity contribution is 5.27. The SMILES string of the molecule is c1cc(OC2CCN(C3CCC3)CC2)ccc1CNN1CCOCC1. The highest BCUT2D eigenvalue weighted by Crippen LogP contribution is 2.28. The first kappa shape index (κ1) is 17.3. The molecule has 138 valence electrons. The Morgan fingerprint density at radius 2 is 1.68 bits per heavy atom. The largest absolute Gasteiger partial charge is 0.490 e. The summed E-state index contributed by atoms with van der Waals surface area (Å²) < 4.78 is 11.6. The van der Waals surface area contributed by atoms with E-state index in [0.29, 0.717) is 6.10 Å². The molecule has 0 spiro atoms. The van der Waals surface area contributed by atoms with Crippen LogP contribution in [0.5, 0.6) is 5.75 Å². The maximum Gasteiger partial charge on any atom is 0.119 e. The highest BCUT2D eigenvalue weighted by atomic mass is 16.5. The number of ether oxygens (including phenoxy) is 2. The summed E-state index contributed by atoms with van der Waals surface area (Å²) in [6.07, 6.45) is 6.95. The second-order valence-corrected chi connectivity index (χ2v) is 7.52. The predicted molar refractivity (Wildman–Crippen MR) is 98.5 cm³/mol. The van der Waals surface area contributed by atoms with E-state index >= 15 is 0 Å². The number of likely N-dealkylation sites (tertiary alicyclic amines) is 1. The number of nitrogens with one attached hydrogen (secondary N) is 1. The van der Waals surface area contributed by atoms with E-state index in [9.17, 15) is 0 Å². The molecule has 0 unspecified atom stereocenters. The first-order chi connectivity index (χ1) is 12.4. The Labute approximate surface area is 151 Å². The predicted octanol–water partition coefficient (Wildman–Crippen LogP) is 2.42. The van der Waals surface area contributed by atoms with Crippen LogP contribution in [-0.2, 0) is 11.3 Å². The monoisotopic (exact) mass is 345 g/mol. The Hall–Kier alpha value is -1.14. The van der Waals surface area contributed by atoms with Crippen LogP contribution in [0.1, 0.15) is 37.7 Å². The number of nitrogens with zero attached hydrogens (tertiary/aromatic N) is 2. The van der Waals surface area contributed by atoms with Crippen LogP contribution < -0.4 is 10.2 Å². The third-order valence-corrected chi connectivity index (χ3v) is 5.81. The molecule has 2 saturated heterocycles. The van der Waals surface area contributed by atoms with Gasteiger partial charge in [-0.1, -0.05) is 18.6 Å². The van der Waals surface area contributed by atoms with Crippen molar-refractivity contribution in [3.63, 3.8) is 0 Å². The topological polar surface area (TPSA) is 37.0 Å². The smallest absolute Gasteiger partial charge is 0.119 e. The second-order valence-electron chi connectivity index (χ2n) is 7.52. The third-order valence-electron chi connectivity index (χ3n) is 5.81. The van der Waals surface area contributed by atoms with E-state index in [1.807, 2.05) is 0 Å². The summed E-state index contributed by atoms with van der Waals surface area (Å²) in [6, 6.07) is 9.46. The van der Waals surface area contributed by atoms with Crippen molar-refractivity contribution in [2.24, 2.45) is 0 Å². The molecule has 0 amide bonds. The fourth-order valence-electron chi connectivity index (χ4n) is 3.91. The van der Waals surface area contributed by atoms with Gasteiger partial charge in [-0.05, 0) is 43.4 Å². The molecule has 25 heavy (non-hydrogen) atoms. The summed E-state index contributed by atoms with van der Waals surface area (Å²) in [6.45, 7) is 6.83. The molecule has 3 fully saturated rings. The molecule has 0 aromatic heterocycles. The van der Waals surface area contributed by atoms with Gasteiger partial charge in [0.25, 0.3) is 0 Å². The van der Waals surface area contributed by atoms with Crippen molar-refractivity contribution in [1.82, 2.24) is 15.3 Å². The first-order valence-corrected chi connectivity index (χ1v) is 9.93. The lowest BCUT2D eigenvalue weighted by Crippen LogP contribution is -2.46. The summed E-state index contributed by atoms with van der Waals surface area (Å²) in [7, 11) is 0. The minimum Gasteiger partial charge on any atom is -0.490 e. The number of hydrogen-bond donors (Lipinski definition) is 1. The van der Waals surface area contributed by atoms with Gasteiger partial charge in [0.1, 0.15) is 11.9 Å². The number of rotatable bonds is 6. The fourth-order valence-corrected chi connectivity index (χ4v) is 3.91. The van der Waals surface area contributed by atoms with E-state index in [1.165, 1.54) is 37.9 Å². The van der Waals surface area contributed by atoms with Gasteiger partial charge in [-0.3, -0.25) is 5.43 Å². The van der Waals surface area contributed by atoms with E-state index in [-0.39, 0.29) is 0 Å². The van der Waals surface area contributed by atoms with Gasteiger partial charge in [0.05, 0.1) is 13.2 Å². The minimum atomic E-state index is 0.383. The molecule has 0 atom stereocenters. The summed E-state index contributed by atoms with van der Waals surface area (Å²) in [5, 5.41) is 2.24. The van der Waals surface area contributed by atoms with Crippen LogP contribution in [0.3, 0.4) is 0 Å². The van der Waals surface area contributed by atoms with E-state index < -0.39 is 0 Å². The van der Waals surface area contributed by atoms with Crippen LogP contribution in [0.4, 0.5) is 0 Å². The zero-order chi connectivity index (χ0) is 16.9. The quantitative estimate of drug-likeness (QED) is 0.857. The van der Waals surface area contributed by atoms with Crippen LogP contribution in [0.2, 0.25) is 0 Å². The molecule has 1 saturated carbocycles. The molecule has 4 rings (SSSR count). The molecular formula is C20H31N3O2. The van der Waals surface area contributed by atoms with Gasteiger partial charge in [-0.15, -0.1) is 0 Å². The Morgan fingerprint density at radius 3 is 2.32 bits per heavy atom. The van der Waals surface area contributed by atoms with E-state index in [1.54, 1.807) is 0 Å². The minimum absolute atomic E-state index is 0.383. The summed E-state index contributed by atoms with van der Waals surface area (Å²) in [4.78, 5) is 2.67. The van der Waals surface area contributed by atoms with Gasteiger partial charge < -0.3 is 14.4 Å². The molecule has 3 aliphatic rings. The van der Waals surface area contributed by atoms with Gasteiger partial charge in [-0.2, -0.15) is 0 Å². The lowest BCUT2D eigenvalue weighted by Gasteiger charge is -2.41. The van der Waals surface area contributed by atoms with Crippen molar-refractivity contribution in [3.05, 3.63) is 29.8 Å². The Balaban J connectivity index is 1.19. The molecule has 0 radical (unpaired) electrons. The number of hydrogen-bond acceptors (Lipinski definition) is 5. The maximum atomic E-state index is 6.21. The number of benzene rings is 1. The van der Waals surface area contributed by atoms with Crippen molar-refractivity contribution < 1.29 is 9.47 Å². The van der Waals surface area contributed by atoms with Gasteiger partial charge in [0.15, 0.2) is 0 Å². The van der Waals surface area contributed by atoms with Crippen LogP contribution >= 0.6 is 0 Å². The lowest BCUT2D eigenvalue weighted by molar-refractivity contribution is 0.0105. The zero-order valence-electron chi connectivity index (χ0n) is 15.2. The van der Waals surface area contributed by atoms with Gasteiger partial charge in [-0.25, -0.2) is 5.01 Å². The van der Waals surface area contributed by atoms with E-state index in [0.717, 1.165) is 57.5 Å². The number of hydrazine groups is 1. The Kier molecular flexibility index (Phi) is 5.87. The van der Waals surface area contributed by atoms with Crippen molar-refractivity contribution in [2.45, 2.75) is 50.8 Å². The molecule has 5 nitrogen and oxygen atoms in total. The molecule has 1 aromatic rings. The second kappa shape index (κ2) is 8.49. The van der Waals surface area contributed by atoms with E-state index in [4.69, 9.17) is 9.47 Å². The average Bonchev–Trinajstić information content (AvgIpc) is 2.62. The summed E-state index contributed by atoms with van der Waals surface area (Å²) >= 11 is 0. The number of piperidine rings is 1. The van der Waals surface area contributed by atoms with Crippen molar-refractivity contribution in [3.8, 4) is 5.75 Å². The molecule has 1 aromatic carbocycles. The van der Waals surface area contributed by atoms with Crippen molar-refractivity contribution in [2.75, 3.05) is 39.4 Å². The maximum absolute atomic E-state index is 6.21. The normalized spacial score (nSPS) is 24.2. The fraction of sp³-hybridized carbons (Fsp3) is 0.700. The van der Waals surface area contributed by atoms with Crippen LogP contribution in [0, 0.1) is 0 Å². The molecule has 5 heteroatoms. The Morgan fingerprint density at radius 1 is 0.960 bits per heavy atom. The summed E-state index contributed by atoms with van der Waals surface area (Å²) in [5.41, 5.74) is 4.76. The molecule has 1 N–H and O–H groups in total. The van der Waals surface area contributed by atoms with Crippen molar-refractivity contribution >= 4 is 0 Å². The standard InChI is InChI=1S/C20H31N3O2/c1-2-18(3-1)22-10-8-20(9-11-22)25-19-6-4-17(5-7-19)16-21-23-12-14-24-15-13-23/h4-7,18,20-21H,1-3,8-16H2. The molecule has 0 bridgehead atoms. The average molecular weight is 345 g/mol. The molecule has 2 aliphatic heterocycles. The van der Waals surface area contributed by atoms with Gasteiger partial charge >= 0.3 is 0 Å². The van der Waals surface area contributed by atoms with Gasteiger partial charge in [0, 0.05) is 38.8 Å². The van der Waals surface area contributed by atoms with Crippen LogP contribution in [-0.4, -0.2) is 61.4 Å². The zero-order valence-corrected chi connectivity index (χ0v) is 15.2. The molecular weight excluding hydrogens is 314 g/mol. The van der Waals surface area contributed by atoms with Crippen LogP contribution in [0.25, 0.3) is 0 Å². The van der Waals surface area contributed by atoms with Crippen molar-refractivity contribution in [1.29, 1.82) is 0 Å². The summed E-state index contributed by atoms with van der Waals surface area (Å²) in [5.74, 6) is 1.01. The highest BCUT2D eigenvalue weighted by Gasteiger charge is 2.29.